The number of nitrogens with zero attached hydrogens (tertiary/aromatic N) is 5. The number of rotatable bonds is 5. The van der Waals surface area contributed by atoms with Crippen molar-refractivity contribution in [3.8, 4) is 11.5 Å². The van der Waals surface area contributed by atoms with Crippen LogP contribution < -0.4 is 10.6 Å². The van der Waals surface area contributed by atoms with Gasteiger partial charge in [-0.15, -0.1) is 0 Å². The van der Waals surface area contributed by atoms with Crippen LogP contribution in [-0.4, -0.2) is 44.7 Å². The smallest absolute Gasteiger partial charge is 0.223 e. The zero-order valence-electron chi connectivity index (χ0n) is 14.7. The van der Waals surface area contributed by atoms with E-state index in [-0.39, 0.29) is 0 Å². The van der Waals surface area contributed by atoms with E-state index in [0.717, 1.165) is 43.1 Å². The summed E-state index contributed by atoms with van der Waals surface area (Å²) in [6.45, 7) is 4.32. The predicted octanol–water partition coefficient (Wildman–Crippen LogP) is 1.57. The summed E-state index contributed by atoms with van der Waals surface area (Å²) >= 11 is 0. The fourth-order valence-electron chi connectivity index (χ4n) is 3.04. The maximum Gasteiger partial charge on any atom is 0.223 e. The van der Waals surface area contributed by atoms with Crippen molar-refractivity contribution in [3.05, 3.63) is 47.4 Å². The summed E-state index contributed by atoms with van der Waals surface area (Å²) in [7, 11) is 0. The number of aryl methyl sites for hydroxylation is 1. The molecule has 0 aliphatic carbocycles. The van der Waals surface area contributed by atoms with Crippen LogP contribution in [0, 0.1) is 6.92 Å². The standard InChI is InChI=1S/C18H21N7O/c1-12-22-16(25-26-12)7-11-21-17-13-5-9-19-10-6-14(13)23-18(24-17)15-4-2-3-8-20-15/h2-4,8,19H,5-7,9-11H2,1H3,(H,21,23,24). The molecule has 0 bridgehead atoms. The Kier molecular flexibility index (Phi) is 4.83. The first kappa shape index (κ1) is 16.6. The molecule has 0 radical (unpaired) electrons. The Morgan fingerprint density at radius 1 is 1.15 bits per heavy atom. The predicted molar refractivity (Wildman–Crippen MR) is 96.8 cm³/mol. The molecular weight excluding hydrogens is 330 g/mol. The Hall–Kier alpha value is -2.87. The molecule has 0 amide bonds. The molecule has 0 saturated carbocycles. The highest BCUT2D eigenvalue weighted by molar-refractivity contribution is 5.57. The van der Waals surface area contributed by atoms with Crippen molar-refractivity contribution in [2.75, 3.05) is 25.0 Å². The van der Waals surface area contributed by atoms with Gasteiger partial charge in [0, 0.05) is 44.6 Å². The van der Waals surface area contributed by atoms with Crippen molar-refractivity contribution in [1.29, 1.82) is 0 Å². The fraction of sp³-hybridized carbons (Fsp3) is 0.389. The van der Waals surface area contributed by atoms with Crippen molar-refractivity contribution in [1.82, 2.24) is 30.4 Å². The average Bonchev–Trinajstić information content (AvgIpc) is 2.93. The van der Waals surface area contributed by atoms with E-state index in [9.17, 15) is 0 Å². The van der Waals surface area contributed by atoms with Crippen molar-refractivity contribution in [2.45, 2.75) is 26.2 Å². The van der Waals surface area contributed by atoms with Crippen LogP contribution in [0.25, 0.3) is 11.5 Å². The second kappa shape index (κ2) is 7.57. The fourth-order valence-corrected chi connectivity index (χ4v) is 3.04. The zero-order valence-corrected chi connectivity index (χ0v) is 14.7. The quantitative estimate of drug-likeness (QED) is 0.714. The normalized spacial score (nSPS) is 13.9. The minimum atomic E-state index is 0.583. The molecule has 0 aromatic carbocycles. The number of pyridine rings is 1. The Labute approximate surface area is 151 Å². The van der Waals surface area contributed by atoms with Crippen LogP contribution in [0.4, 0.5) is 5.82 Å². The number of fused-ring (bicyclic) bond motifs is 1. The first-order valence-electron chi connectivity index (χ1n) is 8.84. The second-order valence-corrected chi connectivity index (χ2v) is 6.19. The molecule has 3 aromatic rings. The van der Waals surface area contributed by atoms with Gasteiger partial charge in [0.15, 0.2) is 11.6 Å². The summed E-state index contributed by atoms with van der Waals surface area (Å²) < 4.78 is 5.02. The third-order valence-corrected chi connectivity index (χ3v) is 4.29. The van der Waals surface area contributed by atoms with Crippen LogP contribution in [0.3, 0.4) is 0 Å². The summed E-state index contributed by atoms with van der Waals surface area (Å²) in [6.07, 6.45) is 4.22. The molecule has 0 saturated heterocycles. The number of hydrogen-bond acceptors (Lipinski definition) is 8. The molecule has 8 nitrogen and oxygen atoms in total. The number of hydrogen-bond donors (Lipinski definition) is 2. The number of anilines is 1. The third kappa shape index (κ3) is 3.70. The van der Waals surface area contributed by atoms with Crippen molar-refractivity contribution >= 4 is 5.82 Å². The van der Waals surface area contributed by atoms with Gasteiger partial charge in [0.2, 0.25) is 5.89 Å². The van der Waals surface area contributed by atoms with Gasteiger partial charge in [-0.25, -0.2) is 9.97 Å². The van der Waals surface area contributed by atoms with E-state index in [1.165, 1.54) is 5.56 Å². The van der Waals surface area contributed by atoms with E-state index in [4.69, 9.17) is 14.5 Å². The maximum atomic E-state index is 5.02. The van der Waals surface area contributed by atoms with Crippen molar-refractivity contribution in [2.24, 2.45) is 0 Å². The highest BCUT2D eigenvalue weighted by atomic mass is 16.5. The topological polar surface area (TPSA) is 102 Å². The van der Waals surface area contributed by atoms with E-state index in [2.05, 4.69) is 25.8 Å². The van der Waals surface area contributed by atoms with Crippen LogP contribution in [0.15, 0.2) is 28.9 Å². The maximum absolute atomic E-state index is 5.02. The molecule has 1 aliphatic heterocycles. The van der Waals surface area contributed by atoms with Gasteiger partial charge < -0.3 is 15.2 Å². The highest BCUT2D eigenvalue weighted by Gasteiger charge is 2.17. The minimum absolute atomic E-state index is 0.583. The molecule has 3 aromatic heterocycles. The zero-order chi connectivity index (χ0) is 17.8. The Balaban J connectivity index is 1.60. The molecule has 8 heteroatoms. The molecule has 134 valence electrons. The Morgan fingerprint density at radius 2 is 2.08 bits per heavy atom. The molecule has 0 unspecified atom stereocenters. The van der Waals surface area contributed by atoms with Crippen LogP contribution in [0.1, 0.15) is 23.0 Å². The van der Waals surface area contributed by atoms with Gasteiger partial charge in [-0.2, -0.15) is 4.98 Å². The van der Waals surface area contributed by atoms with Gasteiger partial charge in [0.1, 0.15) is 11.5 Å². The SMILES string of the molecule is Cc1nc(CCNc2nc(-c3ccccn3)nc3c2CCNCC3)no1. The lowest BCUT2D eigenvalue weighted by Gasteiger charge is -2.14. The molecule has 0 spiro atoms. The summed E-state index contributed by atoms with van der Waals surface area (Å²) in [5.74, 6) is 2.81. The van der Waals surface area contributed by atoms with E-state index in [0.29, 0.717) is 30.5 Å². The van der Waals surface area contributed by atoms with E-state index in [1.54, 1.807) is 13.1 Å². The highest BCUT2D eigenvalue weighted by Crippen LogP contribution is 2.23. The van der Waals surface area contributed by atoms with Gasteiger partial charge in [0.05, 0.1) is 5.69 Å². The molecule has 4 rings (SSSR count). The lowest BCUT2D eigenvalue weighted by Crippen LogP contribution is -2.16. The molecule has 1 aliphatic rings. The first-order valence-corrected chi connectivity index (χ1v) is 8.84. The van der Waals surface area contributed by atoms with Crippen LogP contribution in [0.5, 0.6) is 0 Å². The average molecular weight is 351 g/mol. The first-order chi connectivity index (χ1) is 12.8. The van der Waals surface area contributed by atoms with Crippen molar-refractivity contribution in [3.63, 3.8) is 0 Å². The van der Waals surface area contributed by atoms with E-state index >= 15 is 0 Å². The van der Waals surface area contributed by atoms with E-state index in [1.807, 2.05) is 18.2 Å². The molecule has 26 heavy (non-hydrogen) atoms. The van der Waals surface area contributed by atoms with Crippen molar-refractivity contribution < 1.29 is 4.52 Å². The molecular formula is C18H21N7O. The van der Waals surface area contributed by atoms with Crippen LogP contribution in [-0.2, 0) is 19.3 Å². The lowest BCUT2D eigenvalue weighted by atomic mass is 10.1. The van der Waals surface area contributed by atoms with Crippen LogP contribution >= 0.6 is 0 Å². The molecule has 0 atom stereocenters. The third-order valence-electron chi connectivity index (χ3n) is 4.29. The summed E-state index contributed by atoms with van der Waals surface area (Å²) in [4.78, 5) is 18.2. The lowest BCUT2D eigenvalue weighted by molar-refractivity contribution is 0.387. The molecule has 0 fully saturated rings. The largest absolute Gasteiger partial charge is 0.369 e. The van der Waals surface area contributed by atoms with E-state index < -0.39 is 0 Å². The van der Waals surface area contributed by atoms with Gasteiger partial charge in [-0.05, 0) is 25.1 Å². The minimum Gasteiger partial charge on any atom is -0.369 e. The second-order valence-electron chi connectivity index (χ2n) is 6.19. The van der Waals surface area contributed by atoms with Crippen LogP contribution in [0.2, 0.25) is 0 Å². The van der Waals surface area contributed by atoms with Gasteiger partial charge in [-0.3, -0.25) is 4.98 Å². The monoisotopic (exact) mass is 351 g/mol. The Bertz CT molecular complexity index is 879. The summed E-state index contributed by atoms with van der Waals surface area (Å²) in [5.41, 5.74) is 3.05. The number of aromatic nitrogens is 5. The summed E-state index contributed by atoms with van der Waals surface area (Å²) in [5, 5.41) is 10.8. The summed E-state index contributed by atoms with van der Waals surface area (Å²) in [6, 6.07) is 5.77. The Morgan fingerprint density at radius 3 is 2.88 bits per heavy atom. The van der Waals surface area contributed by atoms with Gasteiger partial charge in [0.25, 0.3) is 0 Å². The van der Waals surface area contributed by atoms with Gasteiger partial charge in [-0.1, -0.05) is 11.2 Å². The molecule has 2 N–H and O–H groups in total. The number of nitrogens with one attached hydrogen (secondary N) is 2. The van der Waals surface area contributed by atoms with Gasteiger partial charge >= 0.3 is 0 Å². The molecule has 4 heterocycles.